The number of amides is 1. The first-order valence-electron chi connectivity index (χ1n) is 7.18. The van der Waals surface area contributed by atoms with Crippen LogP contribution < -0.4 is 4.90 Å². The predicted molar refractivity (Wildman–Crippen MR) is 76.6 cm³/mol. The van der Waals surface area contributed by atoms with Crippen molar-refractivity contribution in [1.82, 2.24) is 4.98 Å². The number of hydrogen-bond acceptors (Lipinski definition) is 3. The third kappa shape index (κ3) is 2.81. The lowest BCUT2D eigenvalue weighted by atomic mass is 9.77. The summed E-state index contributed by atoms with van der Waals surface area (Å²) < 4.78 is 25.7. The quantitative estimate of drug-likeness (QED) is 0.745. The Bertz CT molecular complexity index is 683. The number of carbonyl (C=O) groups excluding carboxylic acids is 1. The zero-order valence-electron chi connectivity index (χ0n) is 12.2. The fourth-order valence-electron chi connectivity index (χ4n) is 2.82. The summed E-state index contributed by atoms with van der Waals surface area (Å²) in [7, 11) is 1.66. The first-order valence-corrected chi connectivity index (χ1v) is 7.18. The highest BCUT2D eigenvalue weighted by atomic mass is 19.3. The number of aromatic nitrogens is 1. The van der Waals surface area contributed by atoms with E-state index in [4.69, 9.17) is 0 Å². The molecule has 1 aliphatic carbocycles. The molecule has 0 atom stereocenters. The molecule has 3 rings (SSSR count). The molecule has 1 fully saturated rings. The summed E-state index contributed by atoms with van der Waals surface area (Å²) in [6, 6.07) is 3.54. The standard InChI is InChI=1S/C16H16F2N2O2/c1-20-13(21)4-2-3-11-5-6-12(19-14(11)20)7-8-15(22)9-16(17,18)10-15/h5-6,22H,2-4,9-10H2,1H3. The largest absolute Gasteiger partial charge is 0.377 e. The van der Waals surface area contributed by atoms with Gasteiger partial charge in [0, 0.05) is 13.5 Å². The molecule has 2 aliphatic rings. The highest BCUT2D eigenvalue weighted by molar-refractivity contribution is 5.93. The van der Waals surface area contributed by atoms with E-state index >= 15 is 0 Å². The molecule has 116 valence electrons. The number of pyridine rings is 1. The van der Waals surface area contributed by atoms with Crippen molar-refractivity contribution in [3.8, 4) is 11.8 Å². The summed E-state index contributed by atoms with van der Waals surface area (Å²) in [5.41, 5.74) is -0.309. The van der Waals surface area contributed by atoms with E-state index in [0.29, 0.717) is 17.9 Å². The van der Waals surface area contributed by atoms with Crippen LogP contribution >= 0.6 is 0 Å². The average Bonchev–Trinajstić information content (AvgIpc) is 2.55. The van der Waals surface area contributed by atoms with E-state index in [1.807, 2.05) is 6.07 Å². The van der Waals surface area contributed by atoms with Gasteiger partial charge in [-0.15, -0.1) is 0 Å². The molecular formula is C16H16F2N2O2. The molecule has 0 spiro atoms. The number of fused-ring (bicyclic) bond motifs is 1. The molecule has 0 radical (unpaired) electrons. The first kappa shape index (κ1) is 14.9. The smallest absolute Gasteiger partial charge is 0.255 e. The molecule has 0 bridgehead atoms. The van der Waals surface area contributed by atoms with Crippen molar-refractivity contribution in [3.05, 3.63) is 23.4 Å². The number of carbonyl (C=O) groups is 1. The second kappa shape index (κ2) is 5.03. The number of aryl methyl sites for hydroxylation is 1. The van der Waals surface area contributed by atoms with Gasteiger partial charge < -0.3 is 5.11 Å². The summed E-state index contributed by atoms with van der Waals surface area (Å²) in [4.78, 5) is 17.7. The van der Waals surface area contributed by atoms with Crippen molar-refractivity contribution in [2.24, 2.45) is 0 Å². The van der Waals surface area contributed by atoms with Gasteiger partial charge >= 0.3 is 0 Å². The molecular weight excluding hydrogens is 290 g/mol. The predicted octanol–water partition coefficient (Wildman–Crippen LogP) is 1.89. The van der Waals surface area contributed by atoms with Gasteiger partial charge in [0.25, 0.3) is 5.92 Å². The second-order valence-electron chi connectivity index (χ2n) is 5.98. The van der Waals surface area contributed by atoms with Crippen molar-refractivity contribution in [3.63, 3.8) is 0 Å². The molecule has 2 heterocycles. The van der Waals surface area contributed by atoms with E-state index in [1.54, 1.807) is 13.1 Å². The fraction of sp³-hybridized carbons (Fsp3) is 0.500. The Labute approximate surface area is 127 Å². The molecule has 1 aliphatic heterocycles. The minimum Gasteiger partial charge on any atom is -0.377 e. The van der Waals surface area contributed by atoms with Crippen LogP contribution in [0.5, 0.6) is 0 Å². The number of aliphatic hydroxyl groups is 1. The topological polar surface area (TPSA) is 53.4 Å². The highest BCUT2D eigenvalue weighted by Gasteiger charge is 2.55. The molecule has 1 amide bonds. The van der Waals surface area contributed by atoms with E-state index in [-0.39, 0.29) is 5.91 Å². The molecule has 1 saturated carbocycles. The number of hydrogen-bond donors (Lipinski definition) is 1. The molecule has 22 heavy (non-hydrogen) atoms. The molecule has 0 aromatic carbocycles. The zero-order chi connectivity index (χ0) is 16.0. The van der Waals surface area contributed by atoms with Crippen LogP contribution in [0.4, 0.5) is 14.6 Å². The molecule has 1 aromatic rings. The lowest BCUT2D eigenvalue weighted by Crippen LogP contribution is -2.50. The summed E-state index contributed by atoms with van der Waals surface area (Å²) in [5.74, 6) is 2.84. The molecule has 1 N–H and O–H groups in total. The zero-order valence-corrected chi connectivity index (χ0v) is 12.2. The molecule has 0 unspecified atom stereocenters. The van der Waals surface area contributed by atoms with Gasteiger partial charge in [-0.05, 0) is 30.4 Å². The van der Waals surface area contributed by atoms with Gasteiger partial charge in [-0.2, -0.15) is 0 Å². The maximum atomic E-state index is 12.8. The SMILES string of the molecule is CN1C(=O)CCCc2ccc(C#CC3(O)CC(F)(F)C3)nc21. The third-order valence-corrected chi connectivity index (χ3v) is 4.01. The van der Waals surface area contributed by atoms with Crippen molar-refractivity contribution >= 4 is 11.7 Å². The lowest BCUT2D eigenvalue weighted by molar-refractivity contribution is -0.176. The third-order valence-electron chi connectivity index (χ3n) is 4.01. The summed E-state index contributed by atoms with van der Waals surface area (Å²) in [5, 5.41) is 9.84. The minimum absolute atomic E-state index is 0.00590. The van der Waals surface area contributed by atoms with Crippen LogP contribution in [0.1, 0.15) is 36.9 Å². The van der Waals surface area contributed by atoms with Gasteiger partial charge in [0.2, 0.25) is 5.91 Å². The Balaban J connectivity index is 1.86. The van der Waals surface area contributed by atoms with Gasteiger partial charge in [-0.3, -0.25) is 9.69 Å². The summed E-state index contributed by atoms with van der Waals surface area (Å²) >= 11 is 0. The monoisotopic (exact) mass is 306 g/mol. The molecule has 4 nitrogen and oxygen atoms in total. The molecule has 0 saturated heterocycles. The number of alkyl halides is 2. The Morgan fingerprint density at radius 3 is 2.73 bits per heavy atom. The fourth-order valence-corrected chi connectivity index (χ4v) is 2.82. The number of halogens is 2. The molecule has 1 aromatic heterocycles. The van der Waals surface area contributed by atoms with Gasteiger partial charge in [0.15, 0.2) is 0 Å². The average molecular weight is 306 g/mol. The maximum absolute atomic E-state index is 12.8. The van der Waals surface area contributed by atoms with Crippen molar-refractivity contribution in [1.29, 1.82) is 0 Å². The van der Waals surface area contributed by atoms with Crippen LogP contribution in [-0.4, -0.2) is 34.6 Å². The van der Waals surface area contributed by atoms with Crippen molar-refractivity contribution in [2.75, 3.05) is 11.9 Å². The lowest BCUT2D eigenvalue weighted by Gasteiger charge is -2.39. The second-order valence-corrected chi connectivity index (χ2v) is 5.98. The van der Waals surface area contributed by atoms with E-state index in [1.165, 1.54) is 4.90 Å². The minimum atomic E-state index is -2.84. The Morgan fingerprint density at radius 2 is 2.05 bits per heavy atom. The van der Waals surface area contributed by atoms with E-state index in [0.717, 1.165) is 18.4 Å². The van der Waals surface area contributed by atoms with Crippen LogP contribution in [0.15, 0.2) is 12.1 Å². The Hall–Kier alpha value is -2.00. The van der Waals surface area contributed by atoms with Crippen LogP contribution in [-0.2, 0) is 11.2 Å². The number of anilines is 1. The van der Waals surface area contributed by atoms with Crippen LogP contribution in [0, 0.1) is 11.8 Å². The van der Waals surface area contributed by atoms with Crippen LogP contribution in [0.25, 0.3) is 0 Å². The maximum Gasteiger partial charge on any atom is 0.255 e. The van der Waals surface area contributed by atoms with Crippen LogP contribution in [0.2, 0.25) is 0 Å². The number of rotatable bonds is 0. The number of nitrogens with zero attached hydrogens (tertiary/aromatic N) is 2. The molecule has 6 heteroatoms. The van der Waals surface area contributed by atoms with Gasteiger partial charge in [-0.1, -0.05) is 12.0 Å². The van der Waals surface area contributed by atoms with Gasteiger partial charge in [-0.25, -0.2) is 13.8 Å². The van der Waals surface area contributed by atoms with Crippen molar-refractivity contribution in [2.45, 2.75) is 43.6 Å². The van der Waals surface area contributed by atoms with Crippen LogP contribution in [0.3, 0.4) is 0 Å². The van der Waals surface area contributed by atoms with E-state index in [9.17, 15) is 18.7 Å². The van der Waals surface area contributed by atoms with Crippen molar-refractivity contribution < 1.29 is 18.7 Å². The van der Waals surface area contributed by atoms with Gasteiger partial charge in [0.05, 0.1) is 12.8 Å². The Morgan fingerprint density at radius 1 is 1.32 bits per heavy atom. The summed E-state index contributed by atoms with van der Waals surface area (Å²) in [6.07, 6.45) is 0.732. The first-order chi connectivity index (χ1) is 10.3. The van der Waals surface area contributed by atoms with E-state index in [2.05, 4.69) is 16.8 Å². The normalized spacial score (nSPS) is 22.0. The highest BCUT2D eigenvalue weighted by Crippen LogP contribution is 2.45. The van der Waals surface area contributed by atoms with E-state index < -0.39 is 24.4 Å². The van der Waals surface area contributed by atoms with Gasteiger partial charge in [0.1, 0.15) is 17.1 Å². The Kier molecular flexibility index (Phi) is 3.41. The summed E-state index contributed by atoms with van der Waals surface area (Å²) in [6.45, 7) is 0.